The van der Waals surface area contributed by atoms with E-state index >= 15 is 0 Å². The van der Waals surface area contributed by atoms with Gasteiger partial charge in [0.1, 0.15) is 28.6 Å². The van der Waals surface area contributed by atoms with Gasteiger partial charge in [-0.25, -0.2) is 17.8 Å². The van der Waals surface area contributed by atoms with Crippen LogP contribution in [0.3, 0.4) is 0 Å². The van der Waals surface area contributed by atoms with Crippen LogP contribution in [0.25, 0.3) is 16.8 Å². The van der Waals surface area contributed by atoms with Crippen LogP contribution in [0.2, 0.25) is 0 Å². The van der Waals surface area contributed by atoms with E-state index in [9.17, 15) is 23.3 Å². The molecule has 0 atom stereocenters. The summed E-state index contributed by atoms with van der Waals surface area (Å²) in [4.78, 5) is 22.7. The number of rotatable bonds is 9. The molecule has 1 N–H and O–H groups in total. The summed E-state index contributed by atoms with van der Waals surface area (Å²) in [6.45, 7) is -0.119. The molecular weight excluding hydrogens is 524 g/mol. The number of hydrogen-bond donors (Lipinski definition) is 1. The van der Waals surface area contributed by atoms with E-state index < -0.39 is 14.9 Å². The number of para-hydroxylation sites is 2. The van der Waals surface area contributed by atoms with Crippen molar-refractivity contribution in [2.45, 2.75) is 43.2 Å². The van der Waals surface area contributed by atoms with Gasteiger partial charge in [-0.2, -0.15) is 0 Å². The van der Waals surface area contributed by atoms with Gasteiger partial charge in [0.2, 0.25) is 15.6 Å². The average molecular weight is 551 g/mol. The molecule has 2 aromatic carbocycles. The molecule has 202 valence electrons. The molecular formula is C26H26N6O6S. The maximum Gasteiger partial charge on any atom is 0.294 e. The lowest BCUT2D eigenvalue weighted by Crippen LogP contribution is -2.33. The van der Waals surface area contributed by atoms with Gasteiger partial charge < -0.3 is 9.30 Å². The van der Waals surface area contributed by atoms with Crippen LogP contribution in [-0.2, 0) is 23.7 Å². The first kappa shape index (κ1) is 26.3. The molecule has 5 rings (SSSR count). The van der Waals surface area contributed by atoms with E-state index in [4.69, 9.17) is 4.74 Å². The topological polar surface area (TPSA) is 151 Å². The monoisotopic (exact) mass is 550 g/mol. The second kappa shape index (κ2) is 10.8. The molecule has 4 aromatic rings. The van der Waals surface area contributed by atoms with Crippen molar-refractivity contribution in [1.29, 1.82) is 0 Å². The standard InChI is InChI=1S/C26H26N6O6S/c1-30-15-19(11-13-26(30)33)18-10-12-24(25(14-18)39(36,37)28-20-6-2-3-7-20)38-17-21-16-31(29-27-21)22-8-4-5-9-23(22)32(34)35/h4-5,8-16,20,28H,2-3,6-7,17H2,1H3. The molecule has 12 nitrogen and oxygen atoms in total. The molecule has 2 aromatic heterocycles. The Balaban J connectivity index is 1.45. The molecule has 1 aliphatic carbocycles. The number of benzene rings is 2. The number of sulfonamides is 1. The summed E-state index contributed by atoms with van der Waals surface area (Å²) in [6, 6.07) is 13.9. The average Bonchev–Trinajstić information content (AvgIpc) is 3.61. The van der Waals surface area contributed by atoms with Gasteiger partial charge in [0.05, 0.1) is 11.1 Å². The molecule has 2 heterocycles. The van der Waals surface area contributed by atoms with Gasteiger partial charge in [-0.15, -0.1) is 5.10 Å². The van der Waals surface area contributed by atoms with Crippen LogP contribution in [0.4, 0.5) is 5.69 Å². The van der Waals surface area contributed by atoms with E-state index in [0.717, 1.165) is 25.7 Å². The van der Waals surface area contributed by atoms with Gasteiger partial charge >= 0.3 is 0 Å². The first-order valence-electron chi connectivity index (χ1n) is 12.3. The van der Waals surface area contributed by atoms with Crippen LogP contribution in [0.15, 0.2) is 76.7 Å². The molecule has 1 saturated carbocycles. The molecule has 0 spiro atoms. The molecule has 0 bridgehead atoms. The predicted octanol–water partition coefficient (Wildman–Crippen LogP) is 3.34. The van der Waals surface area contributed by atoms with Gasteiger partial charge in [-0.05, 0) is 48.2 Å². The summed E-state index contributed by atoms with van der Waals surface area (Å²) in [5.74, 6) is 0.120. The highest BCUT2D eigenvalue weighted by Gasteiger charge is 2.27. The van der Waals surface area contributed by atoms with Gasteiger partial charge in [0.15, 0.2) is 0 Å². The van der Waals surface area contributed by atoms with Crippen LogP contribution in [-0.4, -0.2) is 38.9 Å². The van der Waals surface area contributed by atoms with Crippen molar-refractivity contribution in [3.05, 3.63) is 93.2 Å². The van der Waals surface area contributed by atoms with Crippen molar-refractivity contribution in [1.82, 2.24) is 24.3 Å². The zero-order valence-electron chi connectivity index (χ0n) is 21.1. The van der Waals surface area contributed by atoms with Crippen molar-refractivity contribution in [2.75, 3.05) is 0 Å². The highest BCUT2D eigenvalue weighted by molar-refractivity contribution is 7.89. The number of nitrogens with one attached hydrogen (secondary N) is 1. The maximum absolute atomic E-state index is 13.5. The number of pyridine rings is 1. The Hall–Kier alpha value is -4.36. The fourth-order valence-corrected chi connectivity index (χ4v) is 6.03. The van der Waals surface area contributed by atoms with Gasteiger partial charge in [-0.1, -0.05) is 36.3 Å². The van der Waals surface area contributed by atoms with Gasteiger partial charge in [0.25, 0.3) is 5.69 Å². The van der Waals surface area contributed by atoms with E-state index in [2.05, 4.69) is 15.0 Å². The highest BCUT2D eigenvalue weighted by Crippen LogP contribution is 2.32. The summed E-state index contributed by atoms with van der Waals surface area (Å²) in [5.41, 5.74) is 1.56. The van der Waals surface area contributed by atoms with Gasteiger partial charge in [-0.3, -0.25) is 14.9 Å². The lowest BCUT2D eigenvalue weighted by molar-refractivity contribution is -0.384. The Labute approximate surface area is 224 Å². The van der Waals surface area contributed by atoms with Gasteiger partial charge in [0, 0.05) is 31.4 Å². The molecule has 0 aliphatic heterocycles. The van der Waals surface area contributed by atoms with E-state index in [-0.39, 0.29) is 40.2 Å². The lowest BCUT2D eigenvalue weighted by atomic mass is 10.1. The molecule has 39 heavy (non-hydrogen) atoms. The van der Waals surface area contributed by atoms with Crippen molar-refractivity contribution in [3.8, 4) is 22.6 Å². The number of nitrogens with zero attached hydrogens (tertiary/aromatic N) is 5. The molecule has 0 amide bonds. The Morgan fingerprint density at radius 3 is 2.56 bits per heavy atom. The fourth-order valence-electron chi connectivity index (χ4n) is 4.55. The first-order chi connectivity index (χ1) is 18.7. The molecule has 1 aliphatic rings. The Morgan fingerprint density at radius 1 is 1.08 bits per heavy atom. The minimum absolute atomic E-state index is 0.0353. The third kappa shape index (κ3) is 5.73. The Kier molecular flexibility index (Phi) is 7.26. The van der Waals surface area contributed by atoms with Crippen molar-refractivity contribution in [3.63, 3.8) is 0 Å². The minimum Gasteiger partial charge on any atom is -0.486 e. The van der Waals surface area contributed by atoms with E-state index in [1.165, 1.54) is 33.6 Å². The normalized spacial score (nSPS) is 14.0. The number of nitro benzene ring substituents is 1. The van der Waals surface area contributed by atoms with E-state index in [1.807, 2.05) is 0 Å². The first-order valence-corrected chi connectivity index (χ1v) is 13.8. The molecule has 0 saturated heterocycles. The van der Waals surface area contributed by atoms with Crippen LogP contribution < -0.4 is 15.0 Å². The maximum atomic E-state index is 13.5. The van der Waals surface area contributed by atoms with Crippen molar-refractivity contribution >= 4 is 15.7 Å². The van der Waals surface area contributed by atoms with Crippen molar-refractivity contribution in [2.24, 2.45) is 7.05 Å². The number of aryl methyl sites for hydroxylation is 1. The zero-order chi connectivity index (χ0) is 27.6. The minimum atomic E-state index is -3.94. The second-order valence-corrected chi connectivity index (χ2v) is 11.0. The van der Waals surface area contributed by atoms with Crippen LogP contribution in [0.1, 0.15) is 31.4 Å². The predicted molar refractivity (Wildman–Crippen MR) is 142 cm³/mol. The molecule has 1 fully saturated rings. The zero-order valence-corrected chi connectivity index (χ0v) is 21.9. The summed E-state index contributed by atoms with van der Waals surface area (Å²) in [6.07, 6.45) is 6.59. The van der Waals surface area contributed by atoms with E-state index in [1.54, 1.807) is 49.6 Å². The van der Waals surface area contributed by atoms with Crippen molar-refractivity contribution < 1.29 is 18.1 Å². The van der Waals surface area contributed by atoms with Crippen LogP contribution in [0, 0.1) is 10.1 Å². The molecule has 0 radical (unpaired) electrons. The summed E-state index contributed by atoms with van der Waals surface area (Å²) in [5, 5.41) is 19.4. The summed E-state index contributed by atoms with van der Waals surface area (Å²) < 4.78 is 38.3. The van der Waals surface area contributed by atoms with Crippen LogP contribution in [0.5, 0.6) is 5.75 Å². The summed E-state index contributed by atoms with van der Waals surface area (Å²) in [7, 11) is -2.32. The third-order valence-electron chi connectivity index (χ3n) is 6.57. The SMILES string of the molecule is Cn1cc(-c2ccc(OCc3cn(-c4ccccc4[N+](=O)[O-])nn3)c(S(=O)(=O)NC3CCCC3)c2)ccc1=O. The number of aromatic nitrogens is 4. The number of hydrogen-bond acceptors (Lipinski definition) is 8. The number of nitro groups is 1. The largest absolute Gasteiger partial charge is 0.486 e. The Morgan fingerprint density at radius 2 is 1.82 bits per heavy atom. The lowest BCUT2D eigenvalue weighted by Gasteiger charge is -2.17. The highest BCUT2D eigenvalue weighted by atomic mass is 32.2. The fraction of sp³-hybridized carbons (Fsp3) is 0.269. The quantitative estimate of drug-likeness (QED) is 0.246. The number of ether oxygens (including phenoxy) is 1. The van der Waals surface area contributed by atoms with Crippen LogP contribution >= 0.6 is 0 Å². The molecule has 0 unspecified atom stereocenters. The Bertz CT molecular complexity index is 1690. The third-order valence-corrected chi connectivity index (χ3v) is 8.11. The summed E-state index contributed by atoms with van der Waals surface area (Å²) >= 11 is 0. The molecule has 13 heteroatoms. The van der Waals surface area contributed by atoms with E-state index in [0.29, 0.717) is 16.8 Å². The second-order valence-electron chi connectivity index (χ2n) is 9.32. The smallest absolute Gasteiger partial charge is 0.294 e.